The number of aliphatic hydroxyl groups is 1. The predicted molar refractivity (Wildman–Crippen MR) is 85.4 cm³/mol. The molecule has 1 aromatic heterocycles. The standard InChI is InChI=1S/C18H21FN2O2/c19-16-3-1-2-13-4-5-15(20-17(13)16)9-21-8-14-6-7-23-12-18(14,10-21)11-22/h1-5,14,22H,6-12H2/t14-,18+/m0/s1. The highest BCUT2D eigenvalue weighted by molar-refractivity contribution is 5.79. The fraction of sp³-hybridized carbons (Fsp3) is 0.500. The van der Waals surface area contributed by atoms with E-state index in [0.29, 0.717) is 24.6 Å². The number of para-hydroxylation sites is 1. The molecule has 4 rings (SSSR count). The first-order valence-electron chi connectivity index (χ1n) is 8.15. The first-order valence-corrected chi connectivity index (χ1v) is 8.15. The van der Waals surface area contributed by atoms with Crippen LogP contribution in [0.15, 0.2) is 30.3 Å². The van der Waals surface area contributed by atoms with Crippen LogP contribution in [0.2, 0.25) is 0 Å². The third kappa shape index (κ3) is 2.63. The summed E-state index contributed by atoms with van der Waals surface area (Å²) in [6.45, 7) is 4.01. The zero-order valence-electron chi connectivity index (χ0n) is 13.0. The van der Waals surface area contributed by atoms with Crippen molar-refractivity contribution in [1.82, 2.24) is 9.88 Å². The van der Waals surface area contributed by atoms with Crippen LogP contribution in [0.25, 0.3) is 10.9 Å². The number of hydrogen-bond donors (Lipinski definition) is 1. The Hall–Kier alpha value is -1.56. The summed E-state index contributed by atoms with van der Waals surface area (Å²) in [5.74, 6) is 0.193. The van der Waals surface area contributed by atoms with Crippen molar-refractivity contribution in [3.8, 4) is 0 Å². The van der Waals surface area contributed by atoms with E-state index >= 15 is 0 Å². The van der Waals surface area contributed by atoms with Crippen molar-refractivity contribution in [2.45, 2.75) is 13.0 Å². The zero-order valence-corrected chi connectivity index (χ0v) is 13.0. The Morgan fingerprint density at radius 3 is 3.09 bits per heavy atom. The van der Waals surface area contributed by atoms with Crippen LogP contribution in [0.4, 0.5) is 4.39 Å². The van der Waals surface area contributed by atoms with Gasteiger partial charge in [-0.05, 0) is 24.5 Å². The number of halogens is 1. The van der Waals surface area contributed by atoms with E-state index in [1.54, 1.807) is 6.07 Å². The lowest BCUT2D eigenvalue weighted by atomic mass is 9.76. The van der Waals surface area contributed by atoms with Gasteiger partial charge in [0.2, 0.25) is 0 Å². The molecule has 0 spiro atoms. The maximum Gasteiger partial charge on any atom is 0.149 e. The molecule has 0 bridgehead atoms. The first kappa shape index (κ1) is 15.0. The van der Waals surface area contributed by atoms with Gasteiger partial charge in [-0.25, -0.2) is 9.37 Å². The Kier molecular flexibility index (Phi) is 3.79. The van der Waals surface area contributed by atoms with E-state index in [2.05, 4.69) is 9.88 Å². The summed E-state index contributed by atoms with van der Waals surface area (Å²) in [4.78, 5) is 6.80. The summed E-state index contributed by atoms with van der Waals surface area (Å²) in [6, 6.07) is 8.91. The number of rotatable bonds is 3. The molecule has 2 saturated heterocycles. The van der Waals surface area contributed by atoms with Crippen molar-refractivity contribution in [3.63, 3.8) is 0 Å². The largest absolute Gasteiger partial charge is 0.396 e. The van der Waals surface area contributed by atoms with Crippen LogP contribution in [0, 0.1) is 17.2 Å². The van der Waals surface area contributed by atoms with Crippen molar-refractivity contribution >= 4 is 10.9 Å². The summed E-state index contributed by atoms with van der Waals surface area (Å²) < 4.78 is 19.5. The fourth-order valence-electron chi connectivity index (χ4n) is 4.02. The van der Waals surface area contributed by atoms with Crippen LogP contribution in [0.1, 0.15) is 12.1 Å². The summed E-state index contributed by atoms with van der Waals surface area (Å²) >= 11 is 0. The van der Waals surface area contributed by atoms with Gasteiger partial charge in [0, 0.05) is 37.0 Å². The van der Waals surface area contributed by atoms with Crippen LogP contribution in [-0.4, -0.2) is 47.9 Å². The minimum atomic E-state index is -0.278. The van der Waals surface area contributed by atoms with Crippen molar-refractivity contribution < 1.29 is 14.2 Å². The van der Waals surface area contributed by atoms with Crippen LogP contribution in [0.3, 0.4) is 0 Å². The lowest BCUT2D eigenvalue weighted by Gasteiger charge is -2.36. The molecule has 2 aliphatic heterocycles. The lowest BCUT2D eigenvalue weighted by molar-refractivity contribution is -0.0561. The first-order chi connectivity index (χ1) is 11.2. The number of hydrogen-bond acceptors (Lipinski definition) is 4. The highest BCUT2D eigenvalue weighted by Gasteiger charge is 2.47. The summed E-state index contributed by atoms with van der Waals surface area (Å²) in [7, 11) is 0. The van der Waals surface area contributed by atoms with Gasteiger partial charge in [0.1, 0.15) is 11.3 Å². The van der Waals surface area contributed by atoms with Crippen molar-refractivity contribution in [3.05, 3.63) is 41.8 Å². The quantitative estimate of drug-likeness (QED) is 0.943. The third-order valence-corrected chi connectivity index (χ3v) is 5.31. The molecule has 122 valence electrons. The topological polar surface area (TPSA) is 45.6 Å². The van der Waals surface area contributed by atoms with Crippen LogP contribution < -0.4 is 0 Å². The molecule has 0 amide bonds. The highest BCUT2D eigenvalue weighted by Crippen LogP contribution is 2.41. The minimum Gasteiger partial charge on any atom is -0.396 e. The number of nitrogens with zero attached hydrogens (tertiary/aromatic N) is 2. The Bertz CT molecular complexity index is 723. The second-order valence-corrected chi connectivity index (χ2v) is 6.84. The molecule has 0 radical (unpaired) electrons. The zero-order chi connectivity index (χ0) is 15.9. The van der Waals surface area contributed by atoms with Crippen molar-refractivity contribution in [2.24, 2.45) is 11.3 Å². The molecule has 0 aliphatic carbocycles. The van der Waals surface area contributed by atoms with E-state index in [1.165, 1.54) is 6.07 Å². The molecule has 0 unspecified atom stereocenters. The molecule has 2 aromatic rings. The predicted octanol–water partition coefficient (Wildman–Crippen LogP) is 2.20. The maximum atomic E-state index is 13.9. The second kappa shape index (κ2) is 5.82. The van der Waals surface area contributed by atoms with Crippen LogP contribution in [-0.2, 0) is 11.3 Å². The van der Waals surface area contributed by atoms with Gasteiger partial charge in [0.05, 0.1) is 18.9 Å². The molecule has 3 heterocycles. The minimum absolute atomic E-state index is 0.139. The van der Waals surface area contributed by atoms with Gasteiger partial charge in [0.25, 0.3) is 0 Å². The van der Waals surface area contributed by atoms with Gasteiger partial charge >= 0.3 is 0 Å². The molecule has 0 saturated carbocycles. The number of aliphatic hydroxyl groups excluding tert-OH is 1. The molecule has 1 aromatic carbocycles. The van der Waals surface area contributed by atoms with Crippen molar-refractivity contribution in [2.75, 3.05) is 32.9 Å². The highest BCUT2D eigenvalue weighted by atomic mass is 19.1. The van der Waals surface area contributed by atoms with Crippen molar-refractivity contribution in [1.29, 1.82) is 0 Å². The Morgan fingerprint density at radius 2 is 2.26 bits per heavy atom. The van der Waals surface area contributed by atoms with Gasteiger partial charge < -0.3 is 9.84 Å². The van der Waals surface area contributed by atoms with E-state index in [0.717, 1.165) is 37.2 Å². The van der Waals surface area contributed by atoms with Gasteiger partial charge in [-0.15, -0.1) is 0 Å². The molecule has 1 N–H and O–H groups in total. The average Bonchev–Trinajstić information content (AvgIpc) is 2.94. The summed E-state index contributed by atoms with van der Waals surface area (Å²) in [6.07, 6.45) is 0.997. The third-order valence-electron chi connectivity index (χ3n) is 5.31. The van der Waals surface area contributed by atoms with E-state index in [9.17, 15) is 9.50 Å². The number of likely N-dealkylation sites (tertiary alicyclic amines) is 1. The Morgan fingerprint density at radius 1 is 1.35 bits per heavy atom. The van der Waals surface area contributed by atoms with Crippen LogP contribution in [0.5, 0.6) is 0 Å². The number of pyridine rings is 1. The van der Waals surface area contributed by atoms with E-state index < -0.39 is 0 Å². The Balaban J connectivity index is 1.56. The SMILES string of the molecule is OC[C@]12COCC[C@H]1CN(Cc1ccc3cccc(F)c3n1)C2. The molecule has 23 heavy (non-hydrogen) atoms. The van der Waals surface area contributed by atoms with Gasteiger partial charge in [0.15, 0.2) is 0 Å². The van der Waals surface area contributed by atoms with Gasteiger partial charge in [-0.2, -0.15) is 0 Å². The molecular weight excluding hydrogens is 295 g/mol. The number of aromatic nitrogens is 1. The molecule has 2 aliphatic rings. The number of fused-ring (bicyclic) bond motifs is 2. The Labute approximate surface area is 134 Å². The fourth-order valence-corrected chi connectivity index (χ4v) is 4.02. The molecule has 2 atom stereocenters. The second-order valence-electron chi connectivity index (χ2n) is 6.84. The average molecular weight is 316 g/mol. The van der Waals surface area contributed by atoms with Crippen LogP contribution >= 0.6 is 0 Å². The van der Waals surface area contributed by atoms with E-state index in [-0.39, 0.29) is 17.8 Å². The molecule has 5 heteroatoms. The molecular formula is C18H21FN2O2. The molecule has 2 fully saturated rings. The smallest absolute Gasteiger partial charge is 0.149 e. The molecule has 4 nitrogen and oxygen atoms in total. The van der Waals surface area contributed by atoms with E-state index in [4.69, 9.17) is 4.74 Å². The monoisotopic (exact) mass is 316 g/mol. The van der Waals surface area contributed by atoms with E-state index in [1.807, 2.05) is 18.2 Å². The summed E-state index contributed by atoms with van der Waals surface area (Å²) in [5, 5.41) is 10.7. The summed E-state index contributed by atoms with van der Waals surface area (Å²) in [5.41, 5.74) is 1.16. The normalized spacial score (nSPS) is 28.2. The maximum absolute atomic E-state index is 13.9. The lowest BCUT2D eigenvalue weighted by Crippen LogP contribution is -2.42. The van der Waals surface area contributed by atoms with Gasteiger partial charge in [-0.3, -0.25) is 4.90 Å². The van der Waals surface area contributed by atoms with Gasteiger partial charge in [-0.1, -0.05) is 18.2 Å². The number of benzene rings is 1. The number of ether oxygens (including phenoxy) is 1.